The fourth-order valence-corrected chi connectivity index (χ4v) is 1.31. The molecule has 1 heterocycles. The van der Waals surface area contributed by atoms with Gasteiger partial charge in [-0.2, -0.15) is 0 Å². The molecule has 0 aromatic carbocycles. The molecule has 0 radical (unpaired) electrons. The van der Waals surface area contributed by atoms with E-state index in [1.165, 1.54) is 0 Å². The van der Waals surface area contributed by atoms with Crippen molar-refractivity contribution in [3.8, 4) is 0 Å². The average Bonchev–Trinajstić information content (AvgIpc) is 2.03. The number of hydrogen-bond donors (Lipinski definition) is 0. The van der Waals surface area contributed by atoms with Gasteiger partial charge in [-0.05, 0) is 18.6 Å². The molecule has 0 N–H and O–H groups in total. The Morgan fingerprint density at radius 1 is 1.58 bits per heavy atom. The van der Waals surface area contributed by atoms with Gasteiger partial charge in [0.1, 0.15) is 6.16 Å². The monoisotopic (exact) mass is 183 g/mol. The molecular weight excluding hydrogens is 173 g/mol. The highest BCUT2D eigenvalue weighted by atomic mass is 31.1. The van der Waals surface area contributed by atoms with Crippen molar-refractivity contribution in [1.29, 1.82) is 0 Å². The summed E-state index contributed by atoms with van der Waals surface area (Å²) in [4.78, 5) is 14.3. The summed E-state index contributed by atoms with van der Waals surface area (Å²) in [5.41, 5.74) is 1.92. The van der Waals surface area contributed by atoms with Crippen molar-refractivity contribution in [1.82, 2.24) is 4.98 Å². The lowest BCUT2D eigenvalue weighted by molar-refractivity contribution is -0.164. The Hall–Kier alpha value is -0.790. The summed E-state index contributed by atoms with van der Waals surface area (Å²) in [5.74, 6) is 0. The lowest BCUT2D eigenvalue weighted by atomic mass is 10.2. The molecule has 12 heavy (non-hydrogen) atoms. The van der Waals surface area contributed by atoms with Gasteiger partial charge in [-0.3, -0.25) is 4.98 Å². The van der Waals surface area contributed by atoms with E-state index < -0.39 is 8.03 Å². The molecule has 1 aromatic rings. The molecule has 0 fully saturated rings. The maximum atomic E-state index is 10.3. The molecule has 1 rings (SSSR count). The molecule has 64 valence electrons. The van der Waals surface area contributed by atoms with Gasteiger partial charge in [-0.1, -0.05) is 10.6 Å². The smallest absolute Gasteiger partial charge is 0.309 e. The minimum absolute atomic E-state index is 0.208. The third kappa shape index (κ3) is 3.07. The minimum atomic E-state index is -2.26. The van der Waals surface area contributed by atoms with Crippen molar-refractivity contribution in [2.24, 2.45) is 0 Å². The van der Waals surface area contributed by atoms with Crippen LogP contribution in [0, 0.1) is 6.92 Å². The summed E-state index contributed by atoms with van der Waals surface area (Å²) in [6.07, 6.45) is 2.49. The number of pyridine rings is 1. The molecule has 1 aromatic heterocycles. The van der Waals surface area contributed by atoms with Crippen LogP contribution >= 0.6 is 8.03 Å². The van der Waals surface area contributed by atoms with Gasteiger partial charge in [-0.25, -0.2) is 0 Å². The first kappa shape index (κ1) is 9.30. The number of rotatable bonds is 3. The van der Waals surface area contributed by atoms with E-state index in [1.54, 1.807) is 6.20 Å². The van der Waals surface area contributed by atoms with Gasteiger partial charge in [-0.15, -0.1) is 0 Å². The lowest BCUT2D eigenvalue weighted by Crippen LogP contribution is -1.96. The first-order valence-electron chi connectivity index (χ1n) is 3.72. The molecule has 4 heteroatoms. The summed E-state index contributed by atoms with van der Waals surface area (Å²) >= 11 is 0. The van der Waals surface area contributed by atoms with Gasteiger partial charge in [0.25, 0.3) is 0 Å². The summed E-state index contributed by atoms with van der Waals surface area (Å²) in [5, 5.41) is 0. The molecule has 1 unspecified atom stereocenters. The van der Waals surface area contributed by atoms with Gasteiger partial charge in [0.15, 0.2) is 0 Å². The summed E-state index contributed by atoms with van der Waals surface area (Å²) in [7, 11) is -2.26. The third-order valence-electron chi connectivity index (χ3n) is 1.56. The highest BCUT2D eigenvalue weighted by molar-refractivity contribution is 7.36. The van der Waals surface area contributed by atoms with Crippen LogP contribution in [0.3, 0.4) is 0 Å². The summed E-state index contributed by atoms with van der Waals surface area (Å²) in [6.45, 7) is 1.90. The van der Waals surface area contributed by atoms with Crippen LogP contribution in [0.15, 0.2) is 18.3 Å². The van der Waals surface area contributed by atoms with Crippen LogP contribution in [-0.2, 0) is 11.0 Å². The molecule has 3 nitrogen and oxygen atoms in total. The van der Waals surface area contributed by atoms with Gasteiger partial charge in [0.2, 0.25) is 0 Å². The Labute approximate surface area is 72.3 Å². The molecule has 0 spiro atoms. The second-order valence-electron chi connectivity index (χ2n) is 2.61. The van der Waals surface area contributed by atoms with Crippen LogP contribution in [0.25, 0.3) is 0 Å². The SMILES string of the molecule is Cc1ccc(CC[P+](=O)[O-])cn1. The van der Waals surface area contributed by atoms with Crippen molar-refractivity contribution in [3.63, 3.8) is 0 Å². The van der Waals surface area contributed by atoms with E-state index in [0.29, 0.717) is 6.42 Å². The van der Waals surface area contributed by atoms with Crippen LogP contribution in [0.2, 0.25) is 0 Å². The Kier molecular flexibility index (Phi) is 3.32. The van der Waals surface area contributed by atoms with E-state index in [4.69, 9.17) is 0 Å². The molecule has 0 aliphatic rings. The molecule has 0 amide bonds. The molecule has 1 atom stereocenters. The van der Waals surface area contributed by atoms with Crippen molar-refractivity contribution >= 4 is 8.03 Å². The quantitative estimate of drug-likeness (QED) is 0.658. The van der Waals surface area contributed by atoms with Gasteiger partial charge < -0.3 is 4.89 Å². The maximum absolute atomic E-state index is 10.3. The number of hydrogen-bond acceptors (Lipinski definition) is 3. The number of nitrogens with zero attached hydrogens (tertiary/aromatic N) is 1. The predicted octanol–water partition coefficient (Wildman–Crippen LogP) is 1.04. The van der Waals surface area contributed by atoms with Crippen LogP contribution in [0.4, 0.5) is 0 Å². The van der Waals surface area contributed by atoms with E-state index >= 15 is 0 Å². The number of aromatic nitrogens is 1. The van der Waals surface area contributed by atoms with E-state index in [1.807, 2.05) is 19.1 Å². The van der Waals surface area contributed by atoms with Gasteiger partial charge in [0.05, 0.1) is 0 Å². The lowest BCUT2D eigenvalue weighted by Gasteiger charge is -1.96. The second-order valence-corrected chi connectivity index (χ2v) is 3.73. The number of aryl methyl sites for hydroxylation is 2. The second kappa shape index (κ2) is 4.29. The Bertz CT molecular complexity index is 271. The van der Waals surface area contributed by atoms with Gasteiger partial charge in [0, 0.05) is 18.3 Å². The predicted molar refractivity (Wildman–Crippen MR) is 45.2 cm³/mol. The summed E-state index contributed by atoms with van der Waals surface area (Å²) < 4.78 is 10.3. The van der Waals surface area contributed by atoms with Crippen molar-refractivity contribution in [2.75, 3.05) is 6.16 Å². The van der Waals surface area contributed by atoms with E-state index in [2.05, 4.69) is 4.98 Å². The standard InChI is InChI=1S/C8H10NO2P/c1-7-2-3-8(6-9-7)4-5-12(10)11/h2-3,6H,4-5H2,1H3. The molecule has 0 saturated carbocycles. The molecular formula is C8H10NO2P. The zero-order valence-electron chi connectivity index (χ0n) is 6.86. The molecule has 0 bridgehead atoms. The fourth-order valence-electron chi connectivity index (χ4n) is 0.867. The van der Waals surface area contributed by atoms with Crippen LogP contribution < -0.4 is 4.89 Å². The Balaban J connectivity index is 2.53. The molecule has 0 aliphatic carbocycles. The third-order valence-corrected chi connectivity index (χ3v) is 2.14. The Morgan fingerprint density at radius 3 is 2.83 bits per heavy atom. The van der Waals surface area contributed by atoms with Crippen molar-refractivity contribution in [3.05, 3.63) is 29.6 Å². The summed E-state index contributed by atoms with van der Waals surface area (Å²) in [6, 6.07) is 3.79. The first-order valence-corrected chi connectivity index (χ1v) is 5.08. The minimum Gasteiger partial charge on any atom is -0.596 e. The first-order chi connectivity index (χ1) is 5.68. The van der Waals surface area contributed by atoms with E-state index in [9.17, 15) is 9.46 Å². The average molecular weight is 183 g/mol. The van der Waals surface area contributed by atoms with Crippen LogP contribution in [0.1, 0.15) is 11.3 Å². The maximum Gasteiger partial charge on any atom is 0.309 e. The zero-order valence-corrected chi connectivity index (χ0v) is 7.75. The largest absolute Gasteiger partial charge is 0.596 e. The topological polar surface area (TPSA) is 53.0 Å². The van der Waals surface area contributed by atoms with E-state index in [-0.39, 0.29) is 6.16 Å². The molecule has 0 saturated heterocycles. The van der Waals surface area contributed by atoms with Crippen LogP contribution in [-0.4, -0.2) is 11.1 Å². The normalized spacial score (nSPS) is 11.3. The zero-order chi connectivity index (χ0) is 8.97. The highest BCUT2D eigenvalue weighted by Gasteiger charge is 2.01. The molecule has 0 aliphatic heterocycles. The van der Waals surface area contributed by atoms with Crippen LogP contribution in [0.5, 0.6) is 0 Å². The van der Waals surface area contributed by atoms with E-state index in [0.717, 1.165) is 11.3 Å². The van der Waals surface area contributed by atoms with Gasteiger partial charge >= 0.3 is 8.03 Å². The van der Waals surface area contributed by atoms with Crippen molar-refractivity contribution < 1.29 is 9.46 Å². The Morgan fingerprint density at radius 2 is 2.33 bits per heavy atom. The fraction of sp³-hybridized carbons (Fsp3) is 0.375. The van der Waals surface area contributed by atoms with Crippen molar-refractivity contribution in [2.45, 2.75) is 13.3 Å². The highest BCUT2D eigenvalue weighted by Crippen LogP contribution is 2.10.